The van der Waals surface area contributed by atoms with Crippen molar-refractivity contribution < 1.29 is 4.39 Å². The number of benzene rings is 1. The summed E-state index contributed by atoms with van der Waals surface area (Å²) in [7, 11) is 0. The third kappa shape index (κ3) is 2.62. The molecule has 3 aromatic heterocycles. The Morgan fingerprint density at radius 3 is 2.81 bits per heavy atom. The standard InChI is InChI=1S/C18H13FN6S/c19-14-5-1-4-13-15(14)21-10-22-17(13)26-18-24-23-16(25(18)12-6-7-12)11-3-2-8-20-9-11/h1-5,8-10,12H,6-7H2. The largest absolute Gasteiger partial charge is 0.299 e. The quantitative estimate of drug-likeness (QED) is 0.512. The molecule has 1 aliphatic rings. The average Bonchev–Trinajstić information content (AvgIpc) is 3.43. The van der Waals surface area contributed by atoms with Crippen LogP contribution in [0.4, 0.5) is 4.39 Å². The van der Waals surface area contributed by atoms with E-state index >= 15 is 0 Å². The molecule has 3 heterocycles. The first-order valence-electron chi connectivity index (χ1n) is 8.23. The molecule has 8 heteroatoms. The summed E-state index contributed by atoms with van der Waals surface area (Å²) >= 11 is 1.39. The maximum atomic E-state index is 14.0. The minimum atomic E-state index is -0.355. The second-order valence-corrected chi connectivity index (χ2v) is 7.02. The predicted molar refractivity (Wildman–Crippen MR) is 95.1 cm³/mol. The molecule has 0 amide bonds. The normalized spacial score (nSPS) is 14.0. The Labute approximate surface area is 152 Å². The number of nitrogens with zero attached hydrogens (tertiary/aromatic N) is 6. The fourth-order valence-corrected chi connectivity index (χ4v) is 3.86. The lowest BCUT2D eigenvalue weighted by Gasteiger charge is -2.09. The van der Waals surface area contributed by atoms with E-state index in [1.54, 1.807) is 18.5 Å². The van der Waals surface area contributed by atoms with Crippen molar-refractivity contribution in [1.29, 1.82) is 0 Å². The third-order valence-electron chi connectivity index (χ3n) is 4.26. The lowest BCUT2D eigenvalue weighted by atomic mass is 10.2. The van der Waals surface area contributed by atoms with Crippen molar-refractivity contribution in [2.45, 2.75) is 29.1 Å². The summed E-state index contributed by atoms with van der Waals surface area (Å²) in [5.74, 6) is 0.444. The van der Waals surface area contributed by atoms with Crippen LogP contribution in [0, 0.1) is 5.82 Å². The summed E-state index contributed by atoms with van der Waals surface area (Å²) in [5.41, 5.74) is 1.24. The van der Waals surface area contributed by atoms with E-state index in [9.17, 15) is 4.39 Å². The maximum Gasteiger partial charge on any atom is 0.198 e. The molecular formula is C18H13FN6S. The SMILES string of the molecule is Fc1cccc2c(Sc3nnc(-c4cccnc4)n3C3CC3)ncnc12. The van der Waals surface area contributed by atoms with E-state index in [2.05, 4.69) is 29.7 Å². The van der Waals surface area contributed by atoms with E-state index in [0.717, 1.165) is 29.4 Å². The van der Waals surface area contributed by atoms with Gasteiger partial charge in [-0.1, -0.05) is 6.07 Å². The van der Waals surface area contributed by atoms with Gasteiger partial charge in [0.1, 0.15) is 22.7 Å². The molecule has 4 aromatic rings. The lowest BCUT2D eigenvalue weighted by molar-refractivity contribution is 0.636. The molecule has 0 bridgehead atoms. The molecule has 26 heavy (non-hydrogen) atoms. The molecule has 0 atom stereocenters. The summed E-state index contributed by atoms with van der Waals surface area (Å²) in [6.45, 7) is 0. The average molecular weight is 364 g/mol. The number of fused-ring (bicyclic) bond motifs is 1. The molecule has 1 saturated carbocycles. The summed E-state index contributed by atoms with van der Waals surface area (Å²) in [6.07, 6.45) is 7.09. The fraction of sp³-hybridized carbons (Fsp3) is 0.167. The van der Waals surface area contributed by atoms with Gasteiger partial charge in [0.2, 0.25) is 0 Å². The van der Waals surface area contributed by atoms with Crippen LogP contribution in [0.3, 0.4) is 0 Å². The van der Waals surface area contributed by atoms with E-state index in [1.807, 2.05) is 18.2 Å². The van der Waals surface area contributed by atoms with Gasteiger partial charge in [-0.2, -0.15) is 0 Å². The predicted octanol–water partition coefficient (Wildman–Crippen LogP) is 3.91. The van der Waals surface area contributed by atoms with Gasteiger partial charge in [-0.05, 0) is 48.9 Å². The van der Waals surface area contributed by atoms with Gasteiger partial charge in [-0.15, -0.1) is 10.2 Å². The van der Waals surface area contributed by atoms with E-state index < -0.39 is 0 Å². The first-order valence-corrected chi connectivity index (χ1v) is 9.05. The summed E-state index contributed by atoms with van der Waals surface area (Å²) < 4.78 is 16.1. The van der Waals surface area contributed by atoms with Crippen molar-refractivity contribution in [3.8, 4) is 11.4 Å². The van der Waals surface area contributed by atoms with Crippen LogP contribution in [-0.4, -0.2) is 29.7 Å². The number of hydrogen-bond acceptors (Lipinski definition) is 6. The number of para-hydroxylation sites is 1. The van der Waals surface area contributed by atoms with Crippen molar-refractivity contribution >= 4 is 22.7 Å². The highest BCUT2D eigenvalue weighted by Gasteiger charge is 2.30. The van der Waals surface area contributed by atoms with Crippen LogP contribution in [0.5, 0.6) is 0 Å². The number of pyridine rings is 1. The van der Waals surface area contributed by atoms with Crippen molar-refractivity contribution in [1.82, 2.24) is 29.7 Å². The Kier molecular flexibility index (Phi) is 3.63. The molecule has 1 fully saturated rings. The Morgan fingerprint density at radius 1 is 1.08 bits per heavy atom. The smallest absolute Gasteiger partial charge is 0.198 e. The molecule has 5 rings (SSSR count). The second kappa shape index (κ2) is 6.14. The molecule has 128 valence electrons. The van der Waals surface area contributed by atoms with E-state index in [4.69, 9.17) is 0 Å². The first kappa shape index (κ1) is 15.4. The van der Waals surface area contributed by atoms with E-state index in [0.29, 0.717) is 22.0 Å². The van der Waals surface area contributed by atoms with Crippen LogP contribution in [0.1, 0.15) is 18.9 Å². The topological polar surface area (TPSA) is 69.4 Å². The van der Waals surface area contributed by atoms with Crippen LogP contribution in [0.2, 0.25) is 0 Å². The van der Waals surface area contributed by atoms with Gasteiger partial charge in [0.25, 0.3) is 0 Å². The second-order valence-electron chi connectivity index (χ2n) is 6.07. The molecule has 6 nitrogen and oxygen atoms in total. The van der Waals surface area contributed by atoms with Gasteiger partial charge in [0.15, 0.2) is 11.0 Å². The summed E-state index contributed by atoms with van der Waals surface area (Å²) in [6, 6.07) is 9.12. The maximum absolute atomic E-state index is 14.0. The van der Waals surface area contributed by atoms with Gasteiger partial charge >= 0.3 is 0 Å². The number of hydrogen-bond donors (Lipinski definition) is 0. The molecule has 0 N–H and O–H groups in total. The molecule has 0 aliphatic heterocycles. The third-order valence-corrected chi connectivity index (χ3v) is 5.24. The first-order chi connectivity index (χ1) is 12.8. The Balaban J connectivity index is 1.60. The molecule has 1 aliphatic carbocycles. The zero-order chi connectivity index (χ0) is 17.5. The Morgan fingerprint density at radius 2 is 2.00 bits per heavy atom. The molecule has 0 saturated heterocycles. The van der Waals surface area contributed by atoms with Gasteiger partial charge in [0, 0.05) is 29.4 Å². The number of halogens is 1. The van der Waals surface area contributed by atoms with Crippen molar-refractivity contribution in [3.63, 3.8) is 0 Å². The zero-order valence-electron chi connectivity index (χ0n) is 13.6. The molecule has 0 unspecified atom stereocenters. The number of rotatable bonds is 4. The van der Waals surface area contributed by atoms with Gasteiger partial charge in [0.05, 0.1) is 0 Å². The van der Waals surface area contributed by atoms with Crippen molar-refractivity contribution in [3.05, 3.63) is 54.9 Å². The summed E-state index contributed by atoms with van der Waals surface area (Å²) in [5, 5.41) is 10.8. The van der Waals surface area contributed by atoms with Gasteiger partial charge < -0.3 is 0 Å². The van der Waals surface area contributed by atoms with E-state index in [-0.39, 0.29) is 5.82 Å². The highest BCUT2D eigenvalue weighted by Crippen LogP contribution is 2.42. The number of aromatic nitrogens is 6. The van der Waals surface area contributed by atoms with Crippen molar-refractivity contribution in [2.24, 2.45) is 0 Å². The highest BCUT2D eigenvalue weighted by molar-refractivity contribution is 7.99. The van der Waals surface area contributed by atoms with Crippen molar-refractivity contribution in [2.75, 3.05) is 0 Å². The molecule has 0 spiro atoms. The minimum absolute atomic E-state index is 0.315. The molecular weight excluding hydrogens is 351 g/mol. The molecule has 1 aromatic carbocycles. The Hall–Kier alpha value is -2.87. The lowest BCUT2D eigenvalue weighted by Crippen LogP contribution is -2.00. The van der Waals surface area contributed by atoms with Gasteiger partial charge in [-0.25, -0.2) is 14.4 Å². The van der Waals surface area contributed by atoms with Crippen LogP contribution >= 0.6 is 11.8 Å². The van der Waals surface area contributed by atoms with Crippen LogP contribution in [-0.2, 0) is 0 Å². The van der Waals surface area contributed by atoms with Crippen LogP contribution < -0.4 is 0 Å². The van der Waals surface area contributed by atoms with Gasteiger partial charge in [-0.3, -0.25) is 9.55 Å². The zero-order valence-corrected chi connectivity index (χ0v) is 14.4. The Bertz CT molecular complexity index is 1090. The minimum Gasteiger partial charge on any atom is -0.299 e. The van der Waals surface area contributed by atoms with E-state index in [1.165, 1.54) is 24.2 Å². The summed E-state index contributed by atoms with van der Waals surface area (Å²) in [4.78, 5) is 12.6. The monoisotopic (exact) mass is 364 g/mol. The highest BCUT2D eigenvalue weighted by atomic mass is 32.2. The fourth-order valence-electron chi connectivity index (χ4n) is 2.90. The molecule has 0 radical (unpaired) electrons. The van der Waals surface area contributed by atoms with Crippen LogP contribution in [0.25, 0.3) is 22.3 Å². The van der Waals surface area contributed by atoms with Crippen LogP contribution in [0.15, 0.2) is 59.2 Å².